The molecule has 2 aliphatic rings. The van der Waals surface area contributed by atoms with E-state index in [-0.39, 0.29) is 11.8 Å². The van der Waals surface area contributed by atoms with E-state index in [0.717, 1.165) is 18.9 Å². The molecule has 1 aromatic rings. The standard InChI is InChI=1S/C21H33N3O3S/c1-18-7-5-13-23(17-18)14-6-12-22-21(25)19-10-15-24(16-11-19)28(26,27)20-8-3-2-4-9-20/h2-4,8-9,18-19H,5-7,10-17H2,1H3,(H,22,25)/t18-/m1/s1. The molecule has 0 saturated carbocycles. The highest BCUT2D eigenvalue weighted by molar-refractivity contribution is 7.89. The fraction of sp³-hybridized carbons (Fsp3) is 0.667. The van der Waals surface area contributed by atoms with Crippen LogP contribution in [0.2, 0.25) is 0 Å². The van der Waals surface area contributed by atoms with E-state index in [2.05, 4.69) is 17.1 Å². The van der Waals surface area contributed by atoms with Crippen LogP contribution in [-0.4, -0.2) is 62.8 Å². The van der Waals surface area contributed by atoms with Gasteiger partial charge in [0.1, 0.15) is 0 Å². The number of sulfonamides is 1. The van der Waals surface area contributed by atoms with Crippen molar-refractivity contribution in [3.05, 3.63) is 30.3 Å². The SMILES string of the molecule is C[C@@H]1CCCN(CCCNC(=O)C2CCN(S(=O)(=O)c3ccccc3)CC2)C1. The number of rotatable bonds is 7. The summed E-state index contributed by atoms with van der Waals surface area (Å²) in [4.78, 5) is 15.3. The van der Waals surface area contributed by atoms with Crippen molar-refractivity contribution in [3.8, 4) is 0 Å². The molecule has 1 N–H and O–H groups in total. The quantitative estimate of drug-likeness (QED) is 0.705. The predicted octanol–water partition coefficient (Wildman–Crippen LogP) is 2.33. The maximum atomic E-state index is 12.7. The number of nitrogens with one attached hydrogen (secondary N) is 1. The van der Waals surface area contributed by atoms with Gasteiger partial charge in [0.25, 0.3) is 0 Å². The van der Waals surface area contributed by atoms with E-state index in [1.807, 2.05) is 0 Å². The number of nitrogens with zero attached hydrogens (tertiary/aromatic N) is 2. The molecule has 2 aliphatic heterocycles. The highest BCUT2D eigenvalue weighted by Gasteiger charge is 2.31. The fourth-order valence-corrected chi connectivity index (χ4v) is 5.74. The molecule has 0 bridgehead atoms. The lowest BCUT2D eigenvalue weighted by Gasteiger charge is -2.31. The van der Waals surface area contributed by atoms with Crippen molar-refractivity contribution < 1.29 is 13.2 Å². The summed E-state index contributed by atoms with van der Waals surface area (Å²) in [5.74, 6) is 0.765. The molecule has 0 aromatic heterocycles. The third-order valence-electron chi connectivity index (χ3n) is 5.90. The van der Waals surface area contributed by atoms with Crippen LogP contribution in [0.5, 0.6) is 0 Å². The number of hydrogen-bond donors (Lipinski definition) is 1. The van der Waals surface area contributed by atoms with Crippen molar-refractivity contribution in [2.45, 2.75) is 43.9 Å². The Morgan fingerprint density at radius 1 is 1.11 bits per heavy atom. The summed E-state index contributed by atoms with van der Waals surface area (Å²) in [5, 5.41) is 3.05. The molecule has 2 heterocycles. The van der Waals surface area contributed by atoms with Crippen LogP contribution < -0.4 is 5.32 Å². The molecule has 1 amide bonds. The second-order valence-electron chi connectivity index (χ2n) is 8.18. The molecular weight excluding hydrogens is 374 g/mol. The van der Waals surface area contributed by atoms with Crippen LogP contribution in [0.1, 0.15) is 39.0 Å². The van der Waals surface area contributed by atoms with E-state index >= 15 is 0 Å². The van der Waals surface area contributed by atoms with Crippen LogP contribution in [0, 0.1) is 11.8 Å². The molecule has 1 atom stereocenters. The van der Waals surface area contributed by atoms with E-state index < -0.39 is 10.0 Å². The number of piperidine rings is 2. The number of amides is 1. The maximum absolute atomic E-state index is 12.7. The summed E-state index contributed by atoms with van der Waals surface area (Å²) in [6.07, 6.45) is 4.74. The van der Waals surface area contributed by atoms with E-state index in [4.69, 9.17) is 0 Å². The maximum Gasteiger partial charge on any atom is 0.243 e. The van der Waals surface area contributed by atoms with Crippen LogP contribution in [0.4, 0.5) is 0 Å². The minimum absolute atomic E-state index is 0.0729. The van der Waals surface area contributed by atoms with Crippen LogP contribution in [0.3, 0.4) is 0 Å². The monoisotopic (exact) mass is 407 g/mol. The number of carbonyl (C=O) groups is 1. The summed E-state index contributed by atoms with van der Waals surface area (Å²) in [5.41, 5.74) is 0. The molecule has 28 heavy (non-hydrogen) atoms. The average molecular weight is 408 g/mol. The van der Waals surface area contributed by atoms with Gasteiger partial charge in [-0.3, -0.25) is 4.79 Å². The van der Waals surface area contributed by atoms with Gasteiger partial charge >= 0.3 is 0 Å². The highest BCUT2D eigenvalue weighted by Crippen LogP contribution is 2.24. The Labute approximate surface area is 169 Å². The van der Waals surface area contributed by atoms with Gasteiger partial charge in [-0.05, 0) is 63.2 Å². The lowest BCUT2D eigenvalue weighted by Crippen LogP contribution is -2.43. The van der Waals surface area contributed by atoms with Gasteiger partial charge < -0.3 is 10.2 Å². The van der Waals surface area contributed by atoms with Gasteiger partial charge in [-0.25, -0.2) is 8.42 Å². The first-order valence-electron chi connectivity index (χ1n) is 10.5. The lowest BCUT2D eigenvalue weighted by molar-refractivity contribution is -0.126. The first-order chi connectivity index (χ1) is 13.5. The first kappa shape index (κ1) is 21.3. The molecule has 0 spiro atoms. The third-order valence-corrected chi connectivity index (χ3v) is 7.81. The van der Waals surface area contributed by atoms with E-state index in [1.165, 1.54) is 30.2 Å². The molecule has 0 aliphatic carbocycles. The number of benzene rings is 1. The largest absolute Gasteiger partial charge is 0.356 e. The molecule has 2 saturated heterocycles. The van der Waals surface area contributed by atoms with Crippen LogP contribution in [0.15, 0.2) is 35.2 Å². The number of likely N-dealkylation sites (tertiary alicyclic amines) is 1. The predicted molar refractivity (Wildman–Crippen MR) is 110 cm³/mol. The van der Waals surface area contributed by atoms with Gasteiger partial charge in [0, 0.05) is 32.1 Å². The average Bonchev–Trinajstić information content (AvgIpc) is 2.72. The number of hydrogen-bond acceptors (Lipinski definition) is 4. The zero-order valence-electron chi connectivity index (χ0n) is 16.8. The topological polar surface area (TPSA) is 69.7 Å². The smallest absolute Gasteiger partial charge is 0.243 e. The summed E-state index contributed by atoms with van der Waals surface area (Å²) in [6.45, 7) is 7.19. The summed E-state index contributed by atoms with van der Waals surface area (Å²) in [7, 11) is -3.45. The van der Waals surface area contributed by atoms with E-state index in [9.17, 15) is 13.2 Å². The molecule has 6 nitrogen and oxygen atoms in total. The van der Waals surface area contributed by atoms with Gasteiger partial charge in [-0.15, -0.1) is 0 Å². The molecule has 1 aromatic carbocycles. The van der Waals surface area contributed by atoms with Crippen molar-refractivity contribution in [1.82, 2.24) is 14.5 Å². The summed E-state index contributed by atoms with van der Waals surface area (Å²) >= 11 is 0. The van der Waals surface area contributed by atoms with Crippen molar-refractivity contribution in [2.75, 3.05) is 39.3 Å². The Kier molecular flexibility index (Phi) is 7.48. The minimum atomic E-state index is -3.45. The van der Waals surface area contributed by atoms with E-state index in [0.29, 0.717) is 37.4 Å². The minimum Gasteiger partial charge on any atom is -0.356 e. The molecule has 156 valence electrons. The Hall–Kier alpha value is -1.44. The zero-order chi connectivity index (χ0) is 20.0. The van der Waals surface area contributed by atoms with Crippen molar-refractivity contribution in [1.29, 1.82) is 0 Å². The molecule has 2 fully saturated rings. The second kappa shape index (κ2) is 9.85. The second-order valence-corrected chi connectivity index (χ2v) is 10.1. The van der Waals surface area contributed by atoms with Gasteiger partial charge in [-0.2, -0.15) is 4.31 Å². The van der Waals surface area contributed by atoms with Gasteiger partial charge in [0.2, 0.25) is 15.9 Å². The lowest BCUT2D eigenvalue weighted by atomic mass is 9.97. The highest BCUT2D eigenvalue weighted by atomic mass is 32.2. The van der Waals surface area contributed by atoms with Crippen molar-refractivity contribution in [3.63, 3.8) is 0 Å². The Balaban J connectivity index is 1.38. The van der Waals surface area contributed by atoms with Crippen molar-refractivity contribution in [2.24, 2.45) is 11.8 Å². The van der Waals surface area contributed by atoms with Crippen LogP contribution >= 0.6 is 0 Å². The van der Waals surface area contributed by atoms with Gasteiger partial charge in [0.05, 0.1) is 4.90 Å². The first-order valence-corrected chi connectivity index (χ1v) is 12.0. The van der Waals surface area contributed by atoms with Gasteiger partial charge in [-0.1, -0.05) is 25.1 Å². The van der Waals surface area contributed by atoms with Crippen LogP contribution in [-0.2, 0) is 14.8 Å². The Morgan fingerprint density at radius 3 is 2.50 bits per heavy atom. The summed E-state index contributed by atoms with van der Waals surface area (Å²) < 4.78 is 26.8. The Morgan fingerprint density at radius 2 is 1.82 bits per heavy atom. The molecule has 7 heteroatoms. The van der Waals surface area contributed by atoms with Crippen LogP contribution in [0.25, 0.3) is 0 Å². The Bertz CT molecular complexity index is 731. The van der Waals surface area contributed by atoms with Gasteiger partial charge in [0.15, 0.2) is 0 Å². The molecular formula is C21H33N3O3S. The van der Waals surface area contributed by atoms with Crippen molar-refractivity contribution >= 4 is 15.9 Å². The fourth-order valence-electron chi connectivity index (χ4n) is 4.25. The normalized spacial score (nSPS) is 22.8. The van der Waals surface area contributed by atoms with E-state index in [1.54, 1.807) is 30.3 Å². The molecule has 3 rings (SSSR count). The number of carbonyl (C=O) groups excluding carboxylic acids is 1. The molecule has 0 unspecified atom stereocenters. The summed E-state index contributed by atoms with van der Waals surface area (Å²) in [6, 6.07) is 8.52. The third kappa shape index (κ3) is 5.55. The zero-order valence-corrected chi connectivity index (χ0v) is 17.7. The molecule has 0 radical (unpaired) electrons.